The maximum absolute atomic E-state index is 12.8. The van der Waals surface area contributed by atoms with Gasteiger partial charge in [-0.15, -0.1) is 0 Å². The minimum absolute atomic E-state index is 0.0346. The molecule has 0 saturated carbocycles. The molecule has 0 bridgehead atoms. The molecule has 146 valence electrons. The average molecular weight is 394 g/mol. The van der Waals surface area contributed by atoms with Gasteiger partial charge in [-0.3, -0.25) is 4.79 Å². The lowest BCUT2D eigenvalue weighted by Gasteiger charge is -2.21. The number of hydrogen-bond donors (Lipinski definition) is 2. The lowest BCUT2D eigenvalue weighted by molar-refractivity contribution is -0.123. The number of hydrogen-bond acceptors (Lipinski definition) is 4. The number of halogens is 1. The Kier molecular flexibility index (Phi) is 6.56. The Morgan fingerprint density at radius 2 is 1.70 bits per heavy atom. The molecule has 0 heterocycles. The number of benzene rings is 2. The summed E-state index contributed by atoms with van der Waals surface area (Å²) in [4.78, 5) is 12.1. The first-order valence-electron chi connectivity index (χ1n) is 8.34. The van der Waals surface area contributed by atoms with E-state index in [1.54, 1.807) is 39.0 Å². The molecule has 1 amide bonds. The number of amides is 1. The molecule has 2 aromatic rings. The highest BCUT2D eigenvalue weighted by atomic mass is 32.2. The Labute approximate surface area is 158 Å². The molecule has 6 nitrogen and oxygen atoms in total. The molecular weight excluding hydrogens is 371 g/mol. The first-order valence-corrected chi connectivity index (χ1v) is 9.82. The third-order valence-corrected chi connectivity index (χ3v) is 5.22. The zero-order valence-electron chi connectivity index (χ0n) is 15.5. The monoisotopic (exact) mass is 394 g/mol. The van der Waals surface area contributed by atoms with Crippen LogP contribution in [-0.2, 0) is 21.4 Å². The van der Waals surface area contributed by atoms with Gasteiger partial charge in [0.2, 0.25) is 10.0 Å². The van der Waals surface area contributed by atoms with E-state index in [4.69, 9.17) is 4.74 Å². The van der Waals surface area contributed by atoms with E-state index >= 15 is 0 Å². The molecule has 0 radical (unpaired) electrons. The van der Waals surface area contributed by atoms with Crippen molar-refractivity contribution in [1.29, 1.82) is 0 Å². The maximum Gasteiger partial charge on any atom is 0.258 e. The largest absolute Gasteiger partial charge is 0.484 e. The molecule has 2 N–H and O–H groups in total. The summed E-state index contributed by atoms with van der Waals surface area (Å²) in [5, 5.41) is 2.63. The quantitative estimate of drug-likeness (QED) is 0.756. The molecule has 0 aliphatic rings. The topological polar surface area (TPSA) is 84.5 Å². The molecule has 0 spiro atoms. The fraction of sp³-hybridized carbons (Fsp3) is 0.316. The summed E-state index contributed by atoms with van der Waals surface area (Å²) in [6.45, 7) is 5.03. The van der Waals surface area contributed by atoms with Crippen molar-refractivity contribution >= 4 is 15.9 Å². The lowest BCUT2D eigenvalue weighted by Crippen LogP contribution is -2.41. The van der Waals surface area contributed by atoms with E-state index < -0.39 is 27.3 Å². The highest BCUT2D eigenvalue weighted by Gasteiger charge is 2.24. The van der Waals surface area contributed by atoms with Gasteiger partial charge in [-0.1, -0.05) is 18.2 Å². The highest BCUT2D eigenvalue weighted by molar-refractivity contribution is 7.89. The van der Waals surface area contributed by atoms with Gasteiger partial charge in [0.25, 0.3) is 5.91 Å². The minimum Gasteiger partial charge on any atom is -0.484 e. The van der Waals surface area contributed by atoms with Crippen molar-refractivity contribution in [2.45, 2.75) is 37.8 Å². The van der Waals surface area contributed by atoms with Crippen molar-refractivity contribution < 1.29 is 22.3 Å². The maximum atomic E-state index is 12.8. The summed E-state index contributed by atoms with van der Waals surface area (Å²) in [5.74, 6) is -0.451. The van der Waals surface area contributed by atoms with Crippen LogP contribution in [0.1, 0.15) is 26.3 Å². The zero-order valence-corrected chi connectivity index (χ0v) is 16.3. The smallest absolute Gasteiger partial charge is 0.258 e. The number of rotatable bonds is 7. The van der Waals surface area contributed by atoms with Gasteiger partial charge in [-0.05, 0) is 56.7 Å². The van der Waals surface area contributed by atoms with Crippen molar-refractivity contribution in [3.8, 4) is 5.75 Å². The zero-order chi connectivity index (χ0) is 20.1. The third-order valence-electron chi connectivity index (χ3n) is 3.36. The van der Waals surface area contributed by atoms with Crippen molar-refractivity contribution in [3.63, 3.8) is 0 Å². The summed E-state index contributed by atoms with van der Waals surface area (Å²) in [6, 6.07) is 11.8. The summed E-state index contributed by atoms with van der Waals surface area (Å²) in [5.41, 5.74) is -0.164. The molecule has 0 fully saturated rings. The molecule has 0 aliphatic carbocycles. The lowest BCUT2D eigenvalue weighted by atomic mass is 10.1. The Morgan fingerprint density at radius 3 is 2.33 bits per heavy atom. The predicted octanol–water partition coefficient (Wildman–Crippen LogP) is 2.60. The number of ether oxygens (including phenoxy) is 1. The number of carbonyl (C=O) groups excluding carboxylic acids is 1. The Morgan fingerprint density at radius 1 is 1.07 bits per heavy atom. The van der Waals surface area contributed by atoms with Crippen LogP contribution >= 0.6 is 0 Å². The van der Waals surface area contributed by atoms with Crippen molar-refractivity contribution in [2.24, 2.45) is 0 Å². The Balaban J connectivity index is 1.99. The van der Waals surface area contributed by atoms with Crippen LogP contribution in [0, 0.1) is 5.82 Å². The van der Waals surface area contributed by atoms with Crippen LogP contribution in [0.25, 0.3) is 0 Å². The SMILES string of the molecule is CC(C)(C)NS(=O)(=O)c1ccccc1CNC(=O)COc1ccc(F)cc1. The molecule has 0 unspecified atom stereocenters. The summed E-state index contributed by atoms with van der Waals surface area (Å²) >= 11 is 0. The van der Waals surface area contributed by atoms with Crippen molar-refractivity contribution in [1.82, 2.24) is 10.0 Å². The van der Waals surface area contributed by atoms with E-state index in [0.29, 0.717) is 11.3 Å². The second-order valence-electron chi connectivity index (χ2n) is 6.98. The standard InChI is InChI=1S/C19H23FN2O4S/c1-19(2,3)22-27(24,25)17-7-5-4-6-14(17)12-21-18(23)13-26-16-10-8-15(20)9-11-16/h4-11,22H,12-13H2,1-3H3,(H,21,23). The van der Waals surface area contributed by atoms with Crippen LogP contribution in [0.2, 0.25) is 0 Å². The van der Waals surface area contributed by atoms with Gasteiger partial charge in [0.15, 0.2) is 6.61 Å². The second kappa shape index (κ2) is 8.49. The van der Waals surface area contributed by atoms with Crippen LogP contribution in [0.5, 0.6) is 5.75 Å². The van der Waals surface area contributed by atoms with Crippen molar-refractivity contribution in [2.75, 3.05) is 6.61 Å². The first-order chi connectivity index (χ1) is 12.6. The molecule has 0 saturated heterocycles. The normalized spacial score (nSPS) is 11.9. The number of carbonyl (C=O) groups is 1. The van der Waals surface area contributed by atoms with Crippen LogP contribution < -0.4 is 14.8 Å². The van der Waals surface area contributed by atoms with E-state index in [1.165, 1.54) is 30.3 Å². The number of nitrogens with one attached hydrogen (secondary N) is 2. The summed E-state index contributed by atoms with van der Waals surface area (Å²) < 4.78 is 45.8. The third kappa shape index (κ3) is 6.65. The van der Waals surface area contributed by atoms with Crippen LogP contribution in [0.3, 0.4) is 0 Å². The van der Waals surface area contributed by atoms with E-state index in [9.17, 15) is 17.6 Å². The van der Waals surface area contributed by atoms with E-state index in [0.717, 1.165) is 0 Å². The van der Waals surface area contributed by atoms with Gasteiger partial charge < -0.3 is 10.1 Å². The fourth-order valence-corrected chi connectivity index (χ4v) is 3.95. The van der Waals surface area contributed by atoms with Gasteiger partial charge in [-0.2, -0.15) is 0 Å². The molecule has 27 heavy (non-hydrogen) atoms. The van der Waals surface area contributed by atoms with Crippen molar-refractivity contribution in [3.05, 3.63) is 59.9 Å². The predicted molar refractivity (Wildman–Crippen MR) is 100 cm³/mol. The van der Waals surface area contributed by atoms with E-state index in [2.05, 4.69) is 10.0 Å². The minimum atomic E-state index is -3.72. The first kappa shape index (κ1) is 20.9. The van der Waals surface area contributed by atoms with Crippen LogP contribution in [0.4, 0.5) is 4.39 Å². The van der Waals surface area contributed by atoms with Gasteiger partial charge in [0.05, 0.1) is 4.90 Å². The Bertz CT molecular complexity index is 891. The molecule has 2 rings (SSSR count). The van der Waals surface area contributed by atoms with Gasteiger partial charge in [0.1, 0.15) is 11.6 Å². The van der Waals surface area contributed by atoms with Crippen LogP contribution in [-0.4, -0.2) is 26.5 Å². The summed E-state index contributed by atoms with van der Waals surface area (Å²) in [7, 11) is -3.72. The molecule has 2 aromatic carbocycles. The Hall–Kier alpha value is -2.45. The van der Waals surface area contributed by atoms with Gasteiger partial charge >= 0.3 is 0 Å². The average Bonchev–Trinajstić information content (AvgIpc) is 2.57. The van der Waals surface area contributed by atoms with Crippen LogP contribution in [0.15, 0.2) is 53.4 Å². The van der Waals surface area contributed by atoms with E-state index in [1.807, 2.05) is 0 Å². The highest BCUT2D eigenvalue weighted by Crippen LogP contribution is 2.18. The molecule has 8 heteroatoms. The fourth-order valence-electron chi connectivity index (χ4n) is 2.29. The molecular formula is C19H23FN2O4S. The van der Waals surface area contributed by atoms with E-state index in [-0.39, 0.29) is 18.0 Å². The summed E-state index contributed by atoms with van der Waals surface area (Å²) in [6.07, 6.45) is 0. The molecule has 0 aromatic heterocycles. The molecule has 0 atom stereocenters. The van der Waals surface area contributed by atoms with Gasteiger partial charge in [0, 0.05) is 12.1 Å². The second-order valence-corrected chi connectivity index (χ2v) is 8.63. The molecule has 0 aliphatic heterocycles. The number of sulfonamides is 1. The van der Waals surface area contributed by atoms with Gasteiger partial charge in [-0.25, -0.2) is 17.5 Å².